The lowest BCUT2D eigenvalue weighted by Gasteiger charge is -2.23. The third kappa shape index (κ3) is 3.52. The molecule has 4 heteroatoms. The lowest BCUT2D eigenvalue weighted by atomic mass is 9.94. The first kappa shape index (κ1) is 15.8. The van der Waals surface area contributed by atoms with Crippen molar-refractivity contribution in [3.05, 3.63) is 71.3 Å². The van der Waals surface area contributed by atoms with E-state index in [2.05, 4.69) is 5.32 Å². The molecule has 22 heavy (non-hydrogen) atoms. The first-order chi connectivity index (χ1) is 10.5. The number of aryl methyl sites for hydroxylation is 1. The van der Waals surface area contributed by atoms with Gasteiger partial charge in [0, 0.05) is 5.56 Å². The van der Waals surface area contributed by atoms with Gasteiger partial charge in [0.1, 0.15) is 0 Å². The molecule has 0 saturated carbocycles. The van der Waals surface area contributed by atoms with E-state index in [9.17, 15) is 14.7 Å². The molecule has 0 saturated heterocycles. The number of benzene rings is 2. The van der Waals surface area contributed by atoms with E-state index in [-0.39, 0.29) is 5.91 Å². The molecule has 0 spiro atoms. The summed E-state index contributed by atoms with van der Waals surface area (Å²) in [6.07, 6.45) is 0. The molecule has 2 aromatic carbocycles. The van der Waals surface area contributed by atoms with Gasteiger partial charge in [-0.2, -0.15) is 0 Å². The summed E-state index contributed by atoms with van der Waals surface area (Å²) in [7, 11) is 0. The van der Waals surface area contributed by atoms with Crippen LogP contribution in [0.15, 0.2) is 54.6 Å². The van der Waals surface area contributed by atoms with Crippen LogP contribution in [0.5, 0.6) is 0 Å². The van der Waals surface area contributed by atoms with Gasteiger partial charge in [-0.1, -0.05) is 48.5 Å². The molecule has 1 amide bonds. The summed E-state index contributed by atoms with van der Waals surface area (Å²) in [6.45, 7) is 3.45. The van der Waals surface area contributed by atoms with Crippen molar-refractivity contribution in [2.45, 2.75) is 19.9 Å². The summed E-state index contributed by atoms with van der Waals surface area (Å²) in [5, 5.41) is 12.2. The van der Waals surface area contributed by atoms with Gasteiger partial charge in [-0.25, -0.2) is 0 Å². The van der Waals surface area contributed by atoms with Crippen LogP contribution in [0.4, 0.5) is 0 Å². The van der Waals surface area contributed by atoms with Crippen LogP contribution in [0.25, 0.3) is 0 Å². The second-order valence-electron chi connectivity index (χ2n) is 5.30. The average molecular weight is 297 g/mol. The molecule has 0 aliphatic heterocycles. The quantitative estimate of drug-likeness (QED) is 0.890. The highest BCUT2D eigenvalue weighted by atomic mass is 16.4. The Morgan fingerprint density at radius 3 is 2.18 bits per heavy atom. The Hall–Kier alpha value is -2.62. The second kappa shape index (κ2) is 6.89. The molecule has 2 atom stereocenters. The molecular formula is C18H19NO3. The van der Waals surface area contributed by atoms with E-state index >= 15 is 0 Å². The molecule has 0 heterocycles. The molecule has 0 bridgehead atoms. The number of carbonyl (C=O) groups is 2. The zero-order valence-corrected chi connectivity index (χ0v) is 12.6. The molecule has 0 fully saturated rings. The van der Waals surface area contributed by atoms with Crippen LogP contribution in [0.2, 0.25) is 0 Å². The fraction of sp³-hybridized carbons (Fsp3) is 0.222. The van der Waals surface area contributed by atoms with Crippen LogP contribution < -0.4 is 5.32 Å². The Balaban J connectivity index is 2.29. The zero-order valence-electron chi connectivity index (χ0n) is 12.6. The van der Waals surface area contributed by atoms with Crippen molar-refractivity contribution in [1.29, 1.82) is 0 Å². The van der Waals surface area contributed by atoms with E-state index in [0.29, 0.717) is 5.56 Å². The number of rotatable bonds is 5. The monoisotopic (exact) mass is 297 g/mol. The molecule has 2 rings (SSSR count). The summed E-state index contributed by atoms with van der Waals surface area (Å²) in [4.78, 5) is 23.8. The standard InChI is InChI=1S/C18H19NO3/c1-12-8-6-7-11-15(12)17(20)19-16(13(2)18(21)22)14-9-4-3-5-10-14/h3-11,13,16H,1-2H3,(H,19,20)(H,21,22)/t13-,16+/m0/s1. The van der Waals surface area contributed by atoms with Gasteiger partial charge in [-0.15, -0.1) is 0 Å². The van der Waals surface area contributed by atoms with E-state index in [0.717, 1.165) is 11.1 Å². The Morgan fingerprint density at radius 2 is 1.59 bits per heavy atom. The van der Waals surface area contributed by atoms with Crippen LogP contribution in [0, 0.1) is 12.8 Å². The fourth-order valence-electron chi connectivity index (χ4n) is 2.35. The third-order valence-corrected chi connectivity index (χ3v) is 3.72. The maximum atomic E-state index is 12.5. The van der Waals surface area contributed by atoms with E-state index in [1.165, 1.54) is 0 Å². The minimum Gasteiger partial charge on any atom is -0.481 e. The molecule has 114 valence electrons. The van der Waals surface area contributed by atoms with Crippen molar-refractivity contribution < 1.29 is 14.7 Å². The minimum atomic E-state index is -0.945. The van der Waals surface area contributed by atoms with Gasteiger partial charge in [0.15, 0.2) is 0 Å². The molecule has 0 unspecified atom stereocenters. The predicted molar refractivity (Wildman–Crippen MR) is 84.6 cm³/mol. The van der Waals surface area contributed by atoms with Gasteiger partial charge >= 0.3 is 5.97 Å². The molecule has 0 radical (unpaired) electrons. The van der Waals surface area contributed by atoms with Crippen molar-refractivity contribution in [2.75, 3.05) is 0 Å². The molecule has 2 aromatic rings. The largest absolute Gasteiger partial charge is 0.481 e. The lowest BCUT2D eigenvalue weighted by molar-refractivity contribution is -0.142. The Bertz CT molecular complexity index is 667. The number of carboxylic acid groups (broad SMARTS) is 1. The first-order valence-electron chi connectivity index (χ1n) is 7.15. The summed E-state index contributed by atoms with van der Waals surface area (Å²) in [5.41, 5.74) is 2.19. The molecule has 0 aliphatic carbocycles. The highest BCUT2D eigenvalue weighted by molar-refractivity contribution is 5.96. The van der Waals surface area contributed by atoms with Gasteiger partial charge in [-0.3, -0.25) is 9.59 Å². The van der Waals surface area contributed by atoms with Crippen LogP contribution in [-0.2, 0) is 4.79 Å². The summed E-state index contributed by atoms with van der Waals surface area (Å²) in [5.74, 6) is -1.94. The van der Waals surface area contributed by atoms with E-state index < -0.39 is 17.9 Å². The normalized spacial score (nSPS) is 13.2. The smallest absolute Gasteiger partial charge is 0.308 e. The van der Waals surface area contributed by atoms with Gasteiger partial charge < -0.3 is 10.4 Å². The van der Waals surface area contributed by atoms with Gasteiger partial charge in [0.2, 0.25) is 0 Å². The highest BCUT2D eigenvalue weighted by Crippen LogP contribution is 2.23. The number of carboxylic acids is 1. The number of hydrogen-bond acceptors (Lipinski definition) is 2. The number of amides is 1. The highest BCUT2D eigenvalue weighted by Gasteiger charge is 2.27. The molecular weight excluding hydrogens is 278 g/mol. The zero-order chi connectivity index (χ0) is 16.1. The van der Waals surface area contributed by atoms with Crippen molar-refractivity contribution >= 4 is 11.9 Å². The van der Waals surface area contributed by atoms with E-state index in [4.69, 9.17) is 0 Å². The average Bonchev–Trinajstić information content (AvgIpc) is 2.53. The topological polar surface area (TPSA) is 66.4 Å². The van der Waals surface area contributed by atoms with Crippen molar-refractivity contribution in [3.63, 3.8) is 0 Å². The number of aliphatic carboxylic acids is 1. The van der Waals surface area contributed by atoms with Gasteiger partial charge in [0.25, 0.3) is 5.91 Å². The van der Waals surface area contributed by atoms with Crippen LogP contribution in [0.1, 0.15) is 34.5 Å². The summed E-state index contributed by atoms with van der Waals surface area (Å²) < 4.78 is 0. The van der Waals surface area contributed by atoms with Crippen molar-refractivity contribution in [1.82, 2.24) is 5.32 Å². The maximum Gasteiger partial charge on any atom is 0.308 e. The Kier molecular flexibility index (Phi) is 4.94. The molecule has 0 aromatic heterocycles. The Morgan fingerprint density at radius 1 is 1.00 bits per heavy atom. The minimum absolute atomic E-state index is 0.264. The van der Waals surface area contributed by atoms with Crippen LogP contribution in [0.3, 0.4) is 0 Å². The van der Waals surface area contributed by atoms with Gasteiger partial charge in [0.05, 0.1) is 12.0 Å². The number of carbonyl (C=O) groups excluding carboxylic acids is 1. The van der Waals surface area contributed by atoms with Crippen molar-refractivity contribution in [2.24, 2.45) is 5.92 Å². The molecule has 4 nitrogen and oxygen atoms in total. The second-order valence-corrected chi connectivity index (χ2v) is 5.30. The Labute approximate surface area is 129 Å². The summed E-state index contributed by atoms with van der Waals surface area (Å²) >= 11 is 0. The maximum absolute atomic E-state index is 12.5. The lowest BCUT2D eigenvalue weighted by Crippen LogP contribution is -2.35. The number of nitrogens with one attached hydrogen (secondary N) is 1. The molecule has 2 N–H and O–H groups in total. The summed E-state index contributed by atoms with van der Waals surface area (Å²) in [6, 6.07) is 15.8. The third-order valence-electron chi connectivity index (χ3n) is 3.72. The van der Waals surface area contributed by atoms with E-state index in [1.807, 2.05) is 49.4 Å². The first-order valence-corrected chi connectivity index (χ1v) is 7.15. The van der Waals surface area contributed by atoms with Crippen LogP contribution >= 0.6 is 0 Å². The van der Waals surface area contributed by atoms with Crippen LogP contribution in [-0.4, -0.2) is 17.0 Å². The predicted octanol–water partition coefficient (Wildman–Crippen LogP) is 3.19. The fourth-order valence-corrected chi connectivity index (χ4v) is 2.35. The van der Waals surface area contributed by atoms with Gasteiger partial charge in [-0.05, 0) is 31.0 Å². The van der Waals surface area contributed by atoms with E-state index in [1.54, 1.807) is 19.1 Å². The van der Waals surface area contributed by atoms with Crippen molar-refractivity contribution in [3.8, 4) is 0 Å². The molecule has 0 aliphatic rings. The number of hydrogen-bond donors (Lipinski definition) is 2. The SMILES string of the molecule is Cc1ccccc1C(=O)N[C@@H](c1ccccc1)[C@H](C)C(=O)O.